The summed E-state index contributed by atoms with van der Waals surface area (Å²) >= 11 is 6.19. The van der Waals surface area contributed by atoms with Crippen LogP contribution in [0.25, 0.3) is 0 Å². The molecule has 0 radical (unpaired) electrons. The number of rotatable bonds is 13. The lowest BCUT2D eigenvalue weighted by Gasteiger charge is -2.15. The molecule has 39 heavy (non-hydrogen) atoms. The second-order valence-electron chi connectivity index (χ2n) is 7.94. The Kier molecular flexibility index (Phi) is 23.5. The van der Waals surface area contributed by atoms with Crippen LogP contribution >= 0.6 is 11.6 Å². The predicted octanol–water partition coefficient (Wildman–Crippen LogP) is 5.51. The lowest BCUT2D eigenvalue weighted by molar-refractivity contribution is -0.137. The number of carboxylic acids is 1. The van der Waals surface area contributed by atoms with Gasteiger partial charge in [-0.3, -0.25) is 14.4 Å². The van der Waals surface area contributed by atoms with Crippen molar-refractivity contribution in [1.82, 2.24) is 10.2 Å². The van der Waals surface area contributed by atoms with E-state index in [2.05, 4.69) is 36.7 Å². The number of carbonyl (C=O) groups excluding carboxylic acids is 2. The van der Waals surface area contributed by atoms with E-state index >= 15 is 0 Å². The summed E-state index contributed by atoms with van der Waals surface area (Å²) in [4.78, 5) is 36.3. The predicted molar refractivity (Wildman–Crippen MR) is 158 cm³/mol. The number of carboxylic acid groups (broad SMARTS) is 1. The van der Waals surface area contributed by atoms with Gasteiger partial charge < -0.3 is 25.2 Å². The molecule has 0 aromatic rings. The molecule has 0 unspecified atom stereocenters. The first-order chi connectivity index (χ1) is 18.8. The van der Waals surface area contributed by atoms with Gasteiger partial charge in [-0.25, -0.2) is 0 Å². The van der Waals surface area contributed by atoms with E-state index in [9.17, 15) is 14.4 Å². The van der Waals surface area contributed by atoms with Gasteiger partial charge in [0.2, 0.25) is 5.91 Å². The monoisotopic (exact) mass is 566 g/mol. The van der Waals surface area contributed by atoms with E-state index in [0.717, 1.165) is 45.2 Å². The molecule has 0 saturated heterocycles. The Bertz CT molecular complexity index is 926. The van der Waals surface area contributed by atoms with Gasteiger partial charge in [0.1, 0.15) is 5.76 Å². The van der Waals surface area contributed by atoms with Crippen molar-refractivity contribution in [3.63, 3.8) is 0 Å². The average Bonchev–Trinajstić information content (AvgIpc) is 3.74. The molecule has 0 spiro atoms. The van der Waals surface area contributed by atoms with Gasteiger partial charge in [-0.2, -0.15) is 0 Å². The lowest BCUT2D eigenvalue weighted by Crippen LogP contribution is -2.33. The summed E-state index contributed by atoms with van der Waals surface area (Å²) in [5, 5.41) is 18.9. The van der Waals surface area contributed by atoms with Crippen molar-refractivity contribution in [3.8, 4) is 0 Å². The Morgan fingerprint density at radius 1 is 1.23 bits per heavy atom. The van der Waals surface area contributed by atoms with Crippen molar-refractivity contribution >= 4 is 29.4 Å². The van der Waals surface area contributed by atoms with Crippen LogP contribution in [0.1, 0.15) is 66.7 Å². The molecule has 2 rings (SSSR count). The van der Waals surface area contributed by atoms with E-state index in [4.69, 9.17) is 26.6 Å². The molecule has 1 heterocycles. The molecule has 1 aliphatic carbocycles. The van der Waals surface area contributed by atoms with Gasteiger partial charge in [-0.05, 0) is 45.3 Å². The van der Waals surface area contributed by atoms with E-state index in [1.54, 1.807) is 6.08 Å². The number of aliphatic hydroxyl groups excluding tert-OH is 1. The highest BCUT2D eigenvalue weighted by atomic mass is 35.5. The summed E-state index contributed by atoms with van der Waals surface area (Å²) in [6.45, 7) is 14.8. The highest BCUT2D eigenvalue weighted by Gasteiger charge is 2.34. The van der Waals surface area contributed by atoms with Crippen LogP contribution in [-0.2, 0) is 19.1 Å². The second-order valence-corrected chi connectivity index (χ2v) is 8.35. The zero-order chi connectivity index (χ0) is 30.2. The minimum absolute atomic E-state index is 0.0536. The largest absolute Gasteiger partial charge is 0.490 e. The fourth-order valence-electron chi connectivity index (χ4n) is 3.21. The Morgan fingerprint density at radius 3 is 2.36 bits per heavy atom. The van der Waals surface area contributed by atoms with Gasteiger partial charge in [-0.1, -0.05) is 62.9 Å². The van der Waals surface area contributed by atoms with Crippen LogP contribution in [0.3, 0.4) is 0 Å². The van der Waals surface area contributed by atoms with E-state index in [0.29, 0.717) is 16.2 Å². The number of allylic oxidation sites excluding steroid dienone is 4. The van der Waals surface area contributed by atoms with Crippen LogP contribution in [0, 0.1) is 5.92 Å². The van der Waals surface area contributed by atoms with Gasteiger partial charge in [0.15, 0.2) is 0 Å². The lowest BCUT2D eigenvalue weighted by atomic mass is 10.1. The molecule has 8 nitrogen and oxygen atoms in total. The van der Waals surface area contributed by atoms with Crippen molar-refractivity contribution in [2.45, 2.75) is 66.7 Å². The van der Waals surface area contributed by atoms with Crippen LogP contribution in [-0.4, -0.2) is 66.2 Å². The molecule has 0 bridgehead atoms. The van der Waals surface area contributed by atoms with Crippen LogP contribution in [0.15, 0.2) is 64.6 Å². The van der Waals surface area contributed by atoms with Crippen LogP contribution < -0.4 is 5.32 Å². The van der Waals surface area contributed by atoms with Crippen molar-refractivity contribution < 1.29 is 29.3 Å². The molecule has 2 amide bonds. The summed E-state index contributed by atoms with van der Waals surface area (Å²) in [6.07, 6.45) is 12.8. The van der Waals surface area contributed by atoms with Crippen molar-refractivity contribution in [1.29, 1.82) is 0 Å². The Balaban J connectivity index is 0. The highest BCUT2D eigenvalue weighted by molar-refractivity contribution is 6.33. The summed E-state index contributed by atoms with van der Waals surface area (Å²) in [7, 11) is 1.00. The average molecular weight is 567 g/mol. The number of hydrogen-bond acceptors (Lipinski definition) is 5. The quantitative estimate of drug-likeness (QED) is 0.117. The molecule has 1 saturated carbocycles. The van der Waals surface area contributed by atoms with Gasteiger partial charge in [0.25, 0.3) is 5.91 Å². The highest BCUT2D eigenvalue weighted by Crippen LogP contribution is 2.30. The van der Waals surface area contributed by atoms with E-state index < -0.39 is 5.97 Å². The van der Waals surface area contributed by atoms with Crippen LogP contribution in [0.5, 0.6) is 0 Å². The number of hydrogen-bond donors (Lipinski definition) is 3. The third-order valence-corrected chi connectivity index (χ3v) is 5.48. The molecular formula is C30H47ClN2O6. The third-order valence-electron chi connectivity index (χ3n) is 5.12. The van der Waals surface area contributed by atoms with E-state index in [1.807, 2.05) is 33.8 Å². The number of halogens is 1. The number of aliphatic hydroxyl groups is 1. The molecule has 3 N–H and O–H groups in total. The summed E-state index contributed by atoms with van der Waals surface area (Å²) < 4.78 is 5.35. The number of nitrogens with one attached hydrogen (secondary N) is 1. The number of aliphatic carboxylic acids is 1. The summed E-state index contributed by atoms with van der Waals surface area (Å²) in [6, 6.07) is 0. The summed E-state index contributed by atoms with van der Waals surface area (Å²) in [5.41, 5.74) is 4.08. The molecule has 0 aromatic heterocycles. The first-order valence-corrected chi connectivity index (χ1v) is 13.8. The zero-order valence-corrected chi connectivity index (χ0v) is 25.1. The second kappa shape index (κ2) is 24.0. The number of amides is 2. The first kappa shape index (κ1) is 38.1. The Labute approximate surface area is 239 Å². The van der Waals surface area contributed by atoms with Crippen molar-refractivity contribution in [2.24, 2.45) is 5.92 Å². The SMILES string of the molecule is C=C/C=C(/Cl)C1=C(CNC(=O)C2CC2)C(=O)N(CCC(=O)O)C1.CC.CC=C=C(C/C=C\CC)OCC.CO. The Morgan fingerprint density at radius 2 is 1.87 bits per heavy atom. The molecule has 1 aliphatic heterocycles. The fraction of sp³-hybridized carbons (Fsp3) is 0.533. The smallest absolute Gasteiger partial charge is 0.305 e. The molecule has 1 fully saturated rings. The maximum Gasteiger partial charge on any atom is 0.305 e. The molecular weight excluding hydrogens is 520 g/mol. The van der Waals surface area contributed by atoms with Gasteiger partial charge >= 0.3 is 5.97 Å². The number of ether oxygens (including phenoxy) is 1. The fourth-order valence-corrected chi connectivity index (χ4v) is 3.48. The van der Waals surface area contributed by atoms with Gasteiger partial charge in [0, 0.05) is 55.3 Å². The van der Waals surface area contributed by atoms with E-state index in [-0.39, 0.29) is 43.8 Å². The van der Waals surface area contributed by atoms with Gasteiger partial charge in [0.05, 0.1) is 13.0 Å². The Hall–Kier alpha value is -3.06. The molecule has 0 atom stereocenters. The standard InChI is InChI=1S/C16H19ClN2O4.C11H18O.C2H6.CH4O/c1-2-3-13(17)12-9-19(7-6-14(20)21)16(23)11(12)8-18-15(22)10-4-5-10;1-4-7-8-10-11(9-5-2)12-6-3;2*1-2/h2-3,10H,1,4-9H2,(H,18,22)(H,20,21);5,7-8H,4,6,10H2,1-3H3;1-2H3;2H,1H3/b13-3+;8-7-;;. The minimum atomic E-state index is -0.970. The molecule has 9 heteroatoms. The first-order valence-electron chi connectivity index (χ1n) is 13.4. The zero-order valence-electron chi connectivity index (χ0n) is 24.4. The van der Waals surface area contributed by atoms with Gasteiger partial charge in [-0.15, -0.1) is 0 Å². The summed E-state index contributed by atoms with van der Waals surface area (Å²) in [5.74, 6) is -0.337. The molecule has 2 aliphatic rings. The maximum atomic E-state index is 12.4. The third kappa shape index (κ3) is 16.5. The number of nitrogens with zero attached hydrogens (tertiary/aromatic N) is 1. The minimum Gasteiger partial charge on any atom is -0.490 e. The number of carbonyl (C=O) groups is 3. The van der Waals surface area contributed by atoms with Crippen molar-refractivity contribution in [3.05, 3.63) is 64.6 Å². The van der Waals surface area contributed by atoms with Crippen LogP contribution in [0.4, 0.5) is 0 Å². The topological polar surface area (TPSA) is 116 Å². The van der Waals surface area contributed by atoms with E-state index in [1.165, 1.54) is 11.0 Å². The maximum absolute atomic E-state index is 12.4. The van der Waals surface area contributed by atoms with Crippen molar-refractivity contribution in [2.75, 3.05) is 33.4 Å². The normalized spacial score (nSPS) is 14.1. The molecule has 220 valence electrons. The molecule has 0 aromatic carbocycles. The van der Waals surface area contributed by atoms with Crippen LogP contribution in [0.2, 0.25) is 0 Å².